The summed E-state index contributed by atoms with van der Waals surface area (Å²) < 4.78 is 5.23. The number of benzene rings is 1. The molecule has 0 bridgehead atoms. The number of nitrogens with zero attached hydrogens (tertiary/aromatic N) is 3. The molecule has 0 aliphatic rings. The largest absolute Gasteiger partial charge is 0.359 e. The summed E-state index contributed by atoms with van der Waals surface area (Å²) in [5.41, 5.74) is 1.66. The highest BCUT2D eigenvalue weighted by Gasteiger charge is 2.20. The quantitative estimate of drug-likeness (QED) is 0.557. The Bertz CT molecular complexity index is 1070. The average molecular weight is 429 g/mol. The molecule has 10 heteroatoms. The number of nitrogens with one attached hydrogen (secondary N) is 3. The number of hydrogen-bond acceptors (Lipinski definition) is 6. The Morgan fingerprint density at radius 1 is 0.967 bits per heavy atom. The van der Waals surface area contributed by atoms with E-state index in [1.807, 2.05) is 20.8 Å². The molecule has 2 heterocycles. The molecule has 2 aromatic heterocycles. The zero-order valence-electron chi connectivity index (χ0n) is 16.9. The van der Waals surface area contributed by atoms with Gasteiger partial charge in [0.2, 0.25) is 0 Å². The van der Waals surface area contributed by atoms with E-state index >= 15 is 0 Å². The molecule has 0 spiro atoms. The van der Waals surface area contributed by atoms with Crippen LogP contribution in [0.1, 0.15) is 42.6 Å². The van der Waals surface area contributed by atoms with Crippen molar-refractivity contribution < 1.29 is 14.1 Å². The maximum atomic E-state index is 12.4. The van der Waals surface area contributed by atoms with Gasteiger partial charge in [-0.25, -0.2) is 4.79 Å². The Balaban J connectivity index is 1.59. The number of urea groups is 1. The van der Waals surface area contributed by atoms with Crippen LogP contribution in [0.5, 0.6) is 0 Å². The van der Waals surface area contributed by atoms with Gasteiger partial charge in [-0.2, -0.15) is 5.10 Å². The van der Waals surface area contributed by atoms with E-state index in [2.05, 4.69) is 31.3 Å². The average Bonchev–Trinajstić information content (AvgIpc) is 3.14. The minimum absolute atomic E-state index is 0.0236. The Morgan fingerprint density at radius 2 is 1.60 bits per heavy atom. The van der Waals surface area contributed by atoms with Gasteiger partial charge in [-0.15, -0.1) is 5.10 Å². The number of aromatic nitrogens is 3. The smallest absolute Gasteiger partial charge is 0.324 e. The molecule has 0 radical (unpaired) electrons. The third-order valence-corrected chi connectivity index (χ3v) is 4.29. The number of aryl methyl sites for hydroxylation is 1. The summed E-state index contributed by atoms with van der Waals surface area (Å²) in [6, 6.07) is 9.37. The molecule has 156 valence electrons. The van der Waals surface area contributed by atoms with Crippen LogP contribution >= 0.6 is 11.6 Å². The molecule has 0 saturated carbocycles. The van der Waals surface area contributed by atoms with Gasteiger partial charge < -0.3 is 15.2 Å². The first-order chi connectivity index (χ1) is 14.1. The standard InChI is InChI=1S/C20H21ClN6O3/c1-11-9-14(17(21)26-25-11)18(28)22-12-5-7-13(8-6-12)23-19(29)24-16-10-15(30-27-16)20(2,3)4/h5-10H,1-4H3,(H,22,28)(H2,23,24,27,29). The number of carbonyl (C=O) groups excluding carboxylic acids is 2. The lowest BCUT2D eigenvalue weighted by Crippen LogP contribution is -2.19. The number of rotatable bonds is 4. The Labute approximate surface area is 178 Å². The summed E-state index contributed by atoms with van der Waals surface area (Å²) in [7, 11) is 0. The van der Waals surface area contributed by atoms with Crippen molar-refractivity contribution in [2.24, 2.45) is 0 Å². The normalized spacial score (nSPS) is 11.1. The van der Waals surface area contributed by atoms with Gasteiger partial charge in [0.05, 0.1) is 11.3 Å². The van der Waals surface area contributed by atoms with Gasteiger partial charge in [0.15, 0.2) is 11.0 Å². The van der Waals surface area contributed by atoms with Crippen molar-refractivity contribution in [3.05, 3.63) is 58.6 Å². The fourth-order valence-corrected chi connectivity index (χ4v) is 2.61. The number of carbonyl (C=O) groups is 2. The van der Waals surface area contributed by atoms with E-state index in [4.69, 9.17) is 16.1 Å². The Hall–Kier alpha value is -3.46. The van der Waals surface area contributed by atoms with Gasteiger partial charge in [-0.1, -0.05) is 37.5 Å². The number of anilines is 3. The van der Waals surface area contributed by atoms with Gasteiger partial charge in [-0.3, -0.25) is 10.1 Å². The van der Waals surface area contributed by atoms with Crippen LogP contribution in [0.25, 0.3) is 0 Å². The van der Waals surface area contributed by atoms with Crippen molar-refractivity contribution in [3.63, 3.8) is 0 Å². The van der Waals surface area contributed by atoms with Crippen molar-refractivity contribution >= 4 is 40.7 Å². The monoisotopic (exact) mass is 428 g/mol. The molecule has 3 aromatic rings. The fraction of sp³-hybridized carbons (Fsp3) is 0.250. The lowest BCUT2D eigenvalue weighted by Gasteiger charge is -2.12. The fourth-order valence-electron chi connectivity index (χ4n) is 2.43. The summed E-state index contributed by atoms with van der Waals surface area (Å²) in [5, 5.41) is 19.4. The molecule has 0 aliphatic carbocycles. The van der Waals surface area contributed by atoms with E-state index in [0.29, 0.717) is 28.6 Å². The van der Waals surface area contributed by atoms with Gasteiger partial charge >= 0.3 is 6.03 Å². The summed E-state index contributed by atoms with van der Waals surface area (Å²) in [6.45, 7) is 7.67. The number of halogens is 1. The van der Waals surface area contributed by atoms with Gasteiger partial charge in [0.1, 0.15) is 5.76 Å². The minimum atomic E-state index is -0.467. The third-order valence-electron chi connectivity index (χ3n) is 4.01. The molecule has 3 rings (SSSR count). The number of amides is 3. The van der Waals surface area contributed by atoms with E-state index in [-0.39, 0.29) is 16.1 Å². The molecule has 0 saturated heterocycles. The van der Waals surface area contributed by atoms with Crippen molar-refractivity contribution in [1.82, 2.24) is 15.4 Å². The van der Waals surface area contributed by atoms with Crippen LogP contribution in [0, 0.1) is 6.92 Å². The molecule has 9 nitrogen and oxygen atoms in total. The highest BCUT2D eigenvalue weighted by atomic mass is 35.5. The lowest BCUT2D eigenvalue weighted by atomic mass is 9.93. The van der Waals surface area contributed by atoms with Crippen LogP contribution in [0.2, 0.25) is 5.15 Å². The third kappa shape index (κ3) is 5.32. The zero-order valence-corrected chi connectivity index (χ0v) is 17.7. The van der Waals surface area contributed by atoms with E-state index in [1.54, 1.807) is 43.3 Å². The lowest BCUT2D eigenvalue weighted by molar-refractivity contribution is 0.102. The first-order valence-corrected chi connectivity index (χ1v) is 9.46. The van der Waals surface area contributed by atoms with Gasteiger partial charge in [-0.05, 0) is 37.3 Å². The Kier molecular flexibility index (Phi) is 6.02. The molecule has 0 unspecified atom stereocenters. The molecule has 0 aliphatic heterocycles. The van der Waals surface area contributed by atoms with Crippen molar-refractivity contribution in [1.29, 1.82) is 0 Å². The SMILES string of the molecule is Cc1cc(C(=O)Nc2ccc(NC(=O)Nc3cc(C(C)(C)C)on3)cc2)c(Cl)nn1. The van der Waals surface area contributed by atoms with Crippen molar-refractivity contribution in [2.45, 2.75) is 33.1 Å². The molecular formula is C20H21ClN6O3. The van der Waals surface area contributed by atoms with Crippen LogP contribution in [0.15, 0.2) is 40.9 Å². The maximum absolute atomic E-state index is 12.4. The maximum Gasteiger partial charge on any atom is 0.324 e. The first kappa shape index (κ1) is 21.3. The molecule has 3 N–H and O–H groups in total. The van der Waals surface area contributed by atoms with Gasteiger partial charge in [0, 0.05) is 22.9 Å². The number of hydrogen-bond donors (Lipinski definition) is 3. The minimum Gasteiger partial charge on any atom is -0.359 e. The summed E-state index contributed by atoms with van der Waals surface area (Å²) in [5.74, 6) is 0.578. The second-order valence-corrected chi connectivity index (χ2v) is 7.99. The summed E-state index contributed by atoms with van der Waals surface area (Å²) >= 11 is 5.93. The van der Waals surface area contributed by atoms with Crippen molar-refractivity contribution in [2.75, 3.05) is 16.0 Å². The van der Waals surface area contributed by atoms with E-state index in [0.717, 1.165) is 0 Å². The molecule has 3 amide bonds. The van der Waals surface area contributed by atoms with Gasteiger partial charge in [0.25, 0.3) is 5.91 Å². The second kappa shape index (κ2) is 8.50. The van der Waals surface area contributed by atoms with Crippen LogP contribution in [-0.4, -0.2) is 27.3 Å². The summed E-state index contributed by atoms with van der Waals surface area (Å²) in [4.78, 5) is 24.5. The highest BCUT2D eigenvalue weighted by Crippen LogP contribution is 2.24. The molecular weight excluding hydrogens is 408 g/mol. The molecule has 1 aromatic carbocycles. The predicted molar refractivity (Wildman–Crippen MR) is 114 cm³/mol. The zero-order chi connectivity index (χ0) is 21.9. The predicted octanol–water partition coefficient (Wildman–Crippen LogP) is 4.62. The molecule has 0 fully saturated rings. The topological polar surface area (TPSA) is 122 Å². The van der Waals surface area contributed by atoms with E-state index in [1.165, 1.54) is 0 Å². The van der Waals surface area contributed by atoms with E-state index < -0.39 is 11.9 Å². The van der Waals surface area contributed by atoms with Crippen LogP contribution in [0.4, 0.5) is 22.0 Å². The Morgan fingerprint density at radius 3 is 2.20 bits per heavy atom. The van der Waals surface area contributed by atoms with Crippen molar-refractivity contribution in [3.8, 4) is 0 Å². The van der Waals surface area contributed by atoms with Crippen LogP contribution in [0.3, 0.4) is 0 Å². The van der Waals surface area contributed by atoms with Crippen LogP contribution in [-0.2, 0) is 5.41 Å². The second-order valence-electron chi connectivity index (χ2n) is 7.63. The molecule has 0 atom stereocenters. The summed E-state index contributed by atoms with van der Waals surface area (Å²) in [6.07, 6.45) is 0. The molecule has 30 heavy (non-hydrogen) atoms. The van der Waals surface area contributed by atoms with Crippen LogP contribution < -0.4 is 16.0 Å². The highest BCUT2D eigenvalue weighted by molar-refractivity contribution is 6.33. The first-order valence-electron chi connectivity index (χ1n) is 9.08. The van der Waals surface area contributed by atoms with E-state index in [9.17, 15) is 9.59 Å².